The maximum atomic E-state index is 11.6. The Morgan fingerprint density at radius 3 is 2.04 bits per heavy atom. The minimum atomic E-state index is -3.71. The molecule has 1 unspecified atom stereocenters. The Hall–Kier alpha value is -2.22. The van der Waals surface area contributed by atoms with Gasteiger partial charge in [-0.25, -0.2) is 13.6 Å². The fourth-order valence-electron chi connectivity index (χ4n) is 2.71. The third-order valence-corrected chi connectivity index (χ3v) is 5.85. The molecule has 0 fully saturated rings. The van der Waals surface area contributed by atoms with Crippen LogP contribution in [0.25, 0.3) is 16.9 Å². The zero-order valence-electron chi connectivity index (χ0n) is 13.8. The lowest BCUT2D eigenvalue weighted by Crippen LogP contribution is -2.11. The summed E-state index contributed by atoms with van der Waals surface area (Å²) in [6, 6.07) is 18.0. The van der Waals surface area contributed by atoms with Gasteiger partial charge in [-0.2, -0.15) is 0 Å². The van der Waals surface area contributed by atoms with Crippen LogP contribution >= 0.6 is 0 Å². The van der Waals surface area contributed by atoms with E-state index >= 15 is 0 Å². The minimum Gasteiger partial charge on any atom is -0.314 e. The standard InChI is InChI=1S/C18H18N2O3S2/c1-13-3-12-18(14-4-10-17(11-5-14)25(19,22)23)20(13)15-6-8-16(9-7-15)24(2)21/h3-12H,1-2H3,(H2,19,22,23). The van der Waals surface area contributed by atoms with Gasteiger partial charge in [-0.3, -0.25) is 4.21 Å². The van der Waals surface area contributed by atoms with E-state index in [2.05, 4.69) is 4.57 Å². The highest BCUT2D eigenvalue weighted by molar-refractivity contribution is 7.89. The van der Waals surface area contributed by atoms with Crippen LogP contribution in [0.3, 0.4) is 0 Å². The van der Waals surface area contributed by atoms with Gasteiger partial charge in [-0.05, 0) is 61.0 Å². The number of hydrogen-bond acceptors (Lipinski definition) is 3. The topological polar surface area (TPSA) is 82.2 Å². The third-order valence-electron chi connectivity index (χ3n) is 3.98. The third kappa shape index (κ3) is 3.58. The number of rotatable bonds is 4. The van der Waals surface area contributed by atoms with E-state index in [1.165, 1.54) is 12.1 Å². The Bertz CT molecular complexity index is 1030. The second-order valence-corrected chi connectivity index (χ2v) is 8.65. The molecule has 0 saturated heterocycles. The Labute approximate surface area is 149 Å². The number of aryl methyl sites for hydroxylation is 1. The SMILES string of the molecule is Cc1ccc(-c2ccc(S(N)(=O)=O)cc2)n1-c1ccc(S(C)=O)cc1. The Kier molecular flexibility index (Phi) is 4.64. The van der Waals surface area contributed by atoms with E-state index in [1.54, 1.807) is 18.4 Å². The van der Waals surface area contributed by atoms with E-state index in [4.69, 9.17) is 5.14 Å². The summed E-state index contributed by atoms with van der Waals surface area (Å²) in [4.78, 5) is 0.855. The number of hydrogen-bond donors (Lipinski definition) is 1. The van der Waals surface area contributed by atoms with E-state index < -0.39 is 20.8 Å². The highest BCUT2D eigenvalue weighted by Gasteiger charge is 2.12. The van der Waals surface area contributed by atoms with E-state index in [0.29, 0.717) is 0 Å². The number of primary sulfonamides is 1. The van der Waals surface area contributed by atoms with E-state index in [1.807, 2.05) is 43.3 Å². The van der Waals surface area contributed by atoms with E-state index in [9.17, 15) is 12.6 Å². The van der Waals surface area contributed by atoms with Crippen LogP contribution in [0.1, 0.15) is 5.69 Å². The van der Waals surface area contributed by atoms with Crippen LogP contribution < -0.4 is 5.14 Å². The van der Waals surface area contributed by atoms with Gasteiger partial charge in [0, 0.05) is 33.3 Å². The van der Waals surface area contributed by atoms with Crippen molar-refractivity contribution < 1.29 is 12.6 Å². The zero-order valence-corrected chi connectivity index (χ0v) is 15.5. The molecule has 0 spiro atoms. The Morgan fingerprint density at radius 1 is 0.920 bits per heavy atom. The van der Waals surface area contributed by atoms with Crippen molar-refractivity contribution >= 4 is 20.8 Å². The van der Waals surface area contributed by atoms with Crippen LogP contribution in [0.5, 0.6) is 0 Å². The normalized spacial score (nSPS) is 12.9. The molecule has 0 amide bonds. The highest BCUT2D eigenvalue weighted by atomic mass is 32.2. The van der Waals surface area contributed by atoms with Crippen LogP contribution in [0.4, 0.5) is 0 Å². The summed E-state index contributed by atoms with van der Waals surface area (Å²) in [6.45, 7) is 1.99. The van der Waals surface area contributed by atoms with Crippen LogP contribution in [0.2, 0.25) is 0 Å². The van der Waals surface area contributed by atoms with Gasteiger partial charge in [-0.1, -0.05) is 12.1 Å². The van der Waals surface area contributed by atoms with Crippen LogP contribution in [0, 0.1) is 6.92 Å². The predicted octanol–water partition coefficient (Wildman–Crippen LogP) is 2.84. The molecular formula is C18H18N2O3S2. The first-order chi connectivity index (χ1) is 11.8. The van der Waals surface area contributed by atoms with Crippen molar-refractivity contribution in [3.8, 4) is 16.9 Å². The van der Waals surface area contributed by atoms with Gasteiger partial charge in [0.25, 0.3) is 0 Å². The average molecular weight is 374 g/mol. The zero-order chi connectivity index (χ0) is 18.2. The highest BCUT2D eigenvalue weighted by Crippen LogP contribution is 2.27. The molecule has 2 N–H and O–H groups in total. The molecule has 1 atom stereocenters. The fourth-order valence-corrected chi connectivity index (χ4v) is 3.74. The summed E-state index contributed by atoms with van der Waals surface area (Å²) in [5, 5.41) is 5.15. The molecule has 0 bridgehead atoms. The van der Waals surface area contributed by atoms with Crippen molar-refractivity contribution in [2.45, 2.75) is 16.7 Å². The monoisotopic (exact) mass is 374 g/mol. The van der Waals surface area contributed by atoms with Gasteiger partial charge in [0.05, 0.1) is 10.6 Å². The molecule has 3 aromatic rings. The van der Waals surface area contributed by atoms with Crippen LogP contribution in [-0.4, -0.2) is 23.4 Å². The molecule has 0 radical (unpaired) electrons. The first-order valence-corrected chi connectivity index (χ1v) is 10.6. The first kappa shape index (κ1) is 17.6. The fraction of sp³-hybridized carbons (Fsp3) is 0.111. The molecule has 0 aliphatic heterocycles. The molecule has 0 saturated carbocycles. The second-order valence-electron chi connectivity index (χ2n) is 5.71. The summed E-state index contributed by atoms with van der Waals surface area (Å²) in [5.74, 6) is 0. The van der Waals surface area contributed by atoms with Gasteiger partial charge >= 0.3 is 0 Å². The van der Waals surface area contributed by atoms with Crippen LogP contribution in [-0.2, 0) is 20.8 Å². The molecule has 0 aliphatic carbocycles. The molecule has 25 heavy (non-hydrogen) atoms. The van der Waals surface area contributed by atoms with Crippen molar-refractivity contribution in [1.29, 1.82) is 0 Å². The number of sulfonamides is 1. The van der Waals surface area contributed by atoms with Crippen molar-refractivity contribution in [2.75, 3.05) is 6.26 Å². The summed E-state index contributed by atoms with van der Waals surface area (Å²) in [6.07, 6.45) is 1.65. The minimum absolute atomic E-state index is 0.0841. The smallest absolute Gasteiger partial charge is 0.238 e. The summed E-state index contributed by atoms with van der Waals surface area (Å²) in [5.41, 5.74) is 3.80. The molecule has 2 aromatic carbocycles. The van der Waals surface area contributed by atoms with Gasteiger partial charge in [0.15, 0.2) is 0 Å². The molecule has 3 rings (SSSR count). The van der Waals surface area contributed by atoms with Crippen molar-refractivity contribution in [3.05, 3.63) is 66.4 Å². The summed E-state index contributed by atoms with van der Waals surface area (Å²) in [7, 11) is -4.73. The molecular weight excluding hydrogens is 356 g/mol. The molecule has 7 heteroatoms. The van der Waals surface area contributed by atoms with Gasteiger partial charge < -0.3 is 4.57 Å². The quantitative estimate of drug-likeness (QED) is 0.762. The lowest BCUT2D eigenvalue weighted by atomic mass is 10.1. The molecule has 130 valence electrons. The predicted molar refractivity (Wildman–Crippen MR) is 99.6 cm³/mol. The summed E-state index contributed by atoms with van der Waals surface area (Å²) >= 11 is 0. The van der Waals surface area contributed by atoms with Gasteiger partial charge in [0.1, 0.15) is 0 Å². The largest absolute Gasteiger partial charge is 0.314 e. The average Bonchev–Trinajstić information content (AvgIpc) is 2.96. The lowest BCUT2D eigenvalue weighted by molar-refractivity contribution is 0.598. The van der Waals surface area contributed by atoms with E-state index in [-0.39, 0.29) is 4.90 Å². The lowest BCUT2D eigenvalue weighted by Gasteiger charge is -2.13. The van der Waals surface area contributed by atoms with E-state index in [0.717, 1.165) is 27.5 Å². The molecule has 1 aromatic heterocycles. The number of nitrogens with zero attached hydrogens (tertiary/aromatic N) is 1. The number of benzene rings is 2. The maximum Gasteiger partial charge on any atom is 0.238 e. The van der Waals surface area contributed by atoms with Crippen LogP contribution in [0.15, 0.2) is 70.5 Å². The molecule has 0 aliphatic rings. The number of aromatic nitrogens is 1. The van der Waals surface area contributed by atoms with Gasteiger partial charge in [-0.15, -0.1) is 0 Å². The molecule has 5 nitrogen and oxygen atoms in total. The Balaban J connectivity index is 2.06. The molecule has 1 heterocycles. The Morgan fingerprint density at radius 2 is 1.52 bits per heavy atom. The first-order valence-electron chi connectivity index (χ1n) is 7.53. The number of nitrogens with two attached hydrogens (primary N) is 1. The van der Waals surface area contributed by atoms with Crippen molar-refractivity contribution in [2.24, 2.45) is 5.14 Å². The second kappa shape index (κ2) is 6.59. The van der Waals surface area contributed by atoms with Crippen molar-refractivity contribution in [1.82, 2.24) is 4.57 Å². The van der Waals surface area contributed by atoms with Gasteiger partial charge in [0.2, 0.25) is 10.0 Å². The maximum absolute atomic E-state index is 11.6. The summed E-state index contributed by atoms with van der Waals surface area (Å²) < 4.78 is 36.4. The van der Waals surface area contributed by atoms with Crippen molar-refractivity contribution in [3.63, 3.8) is 0 Å².